The van der Waals surface area contributed by atoms with Crippen LogP contribution < -0.4 is 5.32 Å². The van der Waals surface area contributed by atoms with E-state index in [0.717, 1.165) is 19.4 Å². The topological polar surface area (TPSA) is 38.3 Å². The lowest BCUT2D eigenvalue weighted by Gasteiger charge is -2.22. The van der Waals surface area contributed by atoms with Crippen molar-refractivity contribution < 1.29 is 9.53 Å². The van der Waals surface area contributed by atoms with Crippen molar-refractivity contribution in [3.8, 4) is 0 Å². The fraction of sp³-hybridized carbons (Fsp3) is 0.889. The van der Waals surface area contributed by atoms with Crippen LogP contribution in [0.1, 0.15) is 26.2 Å². The Balaban J connectivity index is 2.13. The summed E-state index contributed by atoms with van der Waals surface area (Å²) in [6.45, 7) is 3.30. The molecule has 0 radical (unpaired) electrons. The highest BCUT2D eigenvalue weighted by Gasteiger charge is 2.15. The van der Waals surface area contributed by atoms with E-state index in [9.17, 15) is 4.79 Å². The molecule has 0 aromatic carbocycles. The molecule has 3 nitrogen and oxygen atoms in total. The second kappa shape index (κ2) is 5.60. The summed E-state index contributed by atoms with van der Waals surface area (Å²) in [6.07, 6.45) is 3.66. The first-order valence-electron chi connectivity index (χ1n) is 4.73. The number of carbonyl (C=O) groups is 1. The van der Waals surface area contributed by atoms with E-state index in [-0.39, 0.29) is 16.8 Å². The van der Waals surface area contributed by atoms with Gasteiger partial charge in [-0.3, -0.25) is 4.79 Å². The number of halogens is 1. The molecule has 76 valence electrons. The smallest absolute Gasteiger partial charge is 0.233 e. The highest BCUT2D eigenvalue weighted by molar-refractivity contribution is 9.10. The number of ether oxygens (including phenoxy) is 1. The van der Waals surface area contributed by atoms with Gasteiger partial charge in [-0.15, -0.1) is 0 Å². The molecule has 2 atom stereocenters. The molecule has 2 unspecified atom stereocenters. The van der Waals surface area contributed by atoms with Crippen molar-refractivity contribution >= 4 is 21.8 Å². The summed E-state index contributed by atoms with van der Waals surface area (Å²) >= 11 is 3.21. The van der Waals surface area contributed by atoms with E-state index < -0.39 is 0 Å². The van der Waals surface area contributed by atoms with E-state index in [1.807, 2.05) is 6.92 Å². The Morgan fingerprint density at radius 3 is 3.00 bits per heavy atom. The zero-order chi connectivity index (χ0) is 9.68. The molecule has 13 heavy (non-hydrogen) atoms. The minimum Gasteiger partial charge on any atom is -0.376 e. The van der Waals surface area contributed by atoms with E-state index in [2.05, 4.69) is 21.2 Å². The van der Waals surface area contributed by atoms with Crippen LogP contribution in [0.25, 0.3) is 0 Å². The Labute approximate surface area is 87.3 Å². The molecule has 4 heteroatoms. The number of carbonyl (C=O) groups excluding carboxylic acids is 1. The summed E-state index contributed by atoms with van der Waals surface area (Å²) in [7, 11) is 0. The summed E-state index contributed by atoms with van der Waals surface area (Å²) in [5.74, 6) is 0.0363. The highest BCUT2D eigenvalue weighted by Crippen LogP contribution is 2.11. The van der Waals surface area contributed by atoms with Gasteiger partial charge < -0.3 is 10.1 Å². The fourth-order valence-electron chi connectivity index (χ4n) is 1.32. The first kappa shape index (κ1) is 11.0. The summed E-state index contributed by atoms with van der Waals surface area (Å²) in [5, 5.41) is 2.84. The largest absolute Gasteiger partial charge is 0.376 e. The van der Waals surface area contributed by atoms with Crippen molar-refractivity contribution in [2.45, 2.75) is 37.1 Å². The van der Waals surface area contributed by atoms with Gasteiger partial charge in [0.15, 0.2) is 0 Å². The zero-order valence-corrected chi connectivity index (χ0v) is 9.47. The number of rotatable bonds is 3. The van der Waals surface area contributed by atoms with Crippen molar-refractivity contribution in [3.05, 3.63) is 0 Å². The van der Waals surface area contributed by atoms with Gasteiger partial charge in [0.2, 0.25) is 5.91 Å². The second-order valence-corrected chi connectivity index (χ2v) is 4.72. The molecule has 0 aliphatic carbocycles. The maximum Gasteiger partial charge on any atom is 0.233 e. The average molecular weight is 250 g/mol. The molecule has 1 N–H and O–H groups in total. The van der Waals surface area contributed by atoms with Crippen LogP contribution in [0.5, 0.6) is 0 Å². The van der Waals surface area contributed by atoms with Gasteiger partial charge in [-0.2, -0.15) is 0 Å². The highest BCUT2D eigenvalue weighted by atomic mass is 79.9. The number of hydrogen-bond donors (Lipinski definition) is 1. The van der Waals surface area contributed by atoms with E-state index in [1.54, 1.807) is 0 Å². The molecule has 0 bridgehead atoms. The van der Waals surface area contributed by atoms with Crippen LogP contribution in [0.3, 0.4) is 0 Å². The van der Waals surface area contributed by atoms with Gasteiger partial charge in [0.25, 0.3) is 0 Å². The third-order valence-electron chi connectivity index (χ3n) is 2.14. The fourth-order valence-corrected chi connectivity index (χ4v) is 1.49. The summed E-state index contributed by atoms with van der Waals surface area (Å²) < 4.78 is 5.48. The Morgan fingerprint density at radius 2 is 2.46 bits per heavy atom. The van der Waals surface area contributed by atoms with Gasteiger partial charge in [0.05, 0.1) is 10.9 Å². The molecule has 1 saturated heterocycles. The minimum absolute atomic E-state index is 0.0363. The lowest BCUT2D eigenvalue weighted by Crippen LogP contribution is -2.38. The maximum absolute atomic E-state index is 11.2. The second-order valence-electron chi connectivity index (χ2n) is 3.35. The first-order chi connectivity index (χ1) is 6.20. The maximum atomic E-state index is 11.2. The third-order valence-corrected chi connectivity index (χ3v) is 2.56. The Morgan fingerprint density at radius 1 is 1.69 bits per heavy atom. The molecule has 1 aliphatic heterocycles. The van der Waals surface area contributed by atoms with Crippen molar-refractivity contribution in [2.24, 2.45) is 0 Å². The van der Waals surface area contributed by atoms with Gasteiger partial charge in [0.1, 0.15) is 0 Å². The van der Waals surface area contributed by atoms with Crippen molar-refractivity contribution in [2.75, 3.05) is 13.2 Å². The normalized spacial score (nSPS) is 25.2. The van der Waals surface area contributed by atoms with Gasteiger partial charge in [-0.25, -0.2) is 0 Å². The predicted molar refractivity (Wildman–Crippen MR) is 55.0 cm³/mol. The number of hydrogen-bond acceptors (Lipinski definition) is 2. The minimum atomic E-state index is -0.115. The average Bonchev–Trinajstić information content (AvgIpc) is 2.15. The van der Waals surface area contributed by atoms with Crippen LogP contribution >= 0.6 is 15.9 Å². The number of alkyl halides is 1. The number of nitrogens with one attached hydrogen (secondary N) is 1. The molecular weight excluding hydrogens is 234 g/mol. The molecule has 1 amide bonds. The van der Waals surface area contributed by atoms with Crippen LogP contribution in [0.4, 0.5) is 0 Å². The van der Waals surface area contributed by atoms with Gasteiger partial charge in [-0.05, 0) is 26.2 Å². The molecule has 1 heterocycles. The third kappa shape index (κ3) is 4.09. The monoisotopic (exact) mass is 249 g/mol. The molecule has 1 rings (SSSR count). The predicted octanol–water partition coefficient (Wildman–Crippen LogP) is 1.46. The lowest BCUT2D eigenvalue weighted by atomic mass is 10.1. The van der Waals surface area contributed by atoms with Gasteiger partial charge in [0, 0.05) is 13.2 Å². The standard InChI is InChI=1S/C9H16BrNO2/c1-7(10)9(12)11-6-8-4-2-3-5-13-8/h7-8H,2-6H2,1H3,(H,11,12). The van der Waals surface area contributed by atoms with Crippen molar-refractivity contribution in [1.82, 2.24) is 5.32 Å². The van der Waals surface area contributed by atoms with Crippen LogP contribution in [0.2, 0.25) is 0 Å². The number of amides is 1. The van der Waals surface area contributed by atoms with Crippen LogP contribution in [-0.2, 0) is 9.53 Å². The molecule has 0 spiro atoms. The molecule has 0 aromatic rings. The summed E-state index contributed by atoms with van der Waals surface area (Å²) in [4.78, 5) is 11.1. The van der Waals surface area contributed by atoms with E-state index >= 15 is 0 Å². The Kier molecular flexibility index (Phi) is 4.73. The summed E-state index contributed by atoms with van der Waals surface area (Å²) in [6, 6.07) is 0. The van der Waals surface area contributed by atoms with Gasteiger partial charge in [-0.1, -0.05) is 15.9 Å². The molecule has 1 fully saturated rings. The van der Waals surface area contributed by atoms with E-state index in [4.69, 9.17) is 4.74 Å². The summed E-state index contributed by atoms with van der Waals surface area (Å²) in [5.41, 5.74) is 0. The van der Waals surface area contributed by atoms with Crippen molar-refractivity contribution in [3.63, 3.8) is 0 Å². The Bertz CT molecular complexity index is 167. The van der Waals surface area contributed by atoms with Gasteiger partial charge >= 0.3 is 0 Å². The van der Waals surface area contributed by atoms with Crippen molar-refractivity contribution in [1.29, 1.82) is 0 Å². The van der Waals surface area contributed by atoms with Crippen LogP contribution in [-0.4, -0.2) is 30.0 Å². The zero-order valence-electron chi connectivity index (χ0n) is 7.88. The molecule has 0 saturated carbocycles. The van der Waals surface area contributed by atoms with Crippen LogP contribution in [0, 0.1) is 0 Å². The molecule has 1 aliphatic rings. The van der Waals surface area contributed by atoms with E-state index in [1.165, 1.54) is 6.42 Å². The van der Waals surface area contributed by atoms with Crippen LogP contribution in [0.15, 0.2) is 0 Å². The molecular formula is C9H16BrNO2. The quantitative estimate of drug-likeness (QED) is 0.770. The molecule has 0 aromatic heterocycles. The lowest BCUT2D eigenvalue weighted by molar-refractivity contribution is -0.121. The first-order valence-corrected chi connectivity index (χ1v) is 5.65. The van der Waals surface area contributed by atoms with E-state index in [0.29, 0.717) is 6.54 Å². The SMILES string of the molecule is CC(Br)C(=O)NCC1CCCCO1. The Hall–Kier alpha value is -0.0900.